The highest BCUT2D eigenvalue weighted by Crippen LogP contribution is 2.35. The molecule has 0 N–H and O–H groups in total. The van der Waals surface area contributed by atoms with Crippen LogP contribution in [0.25, 0.3) is 12.2 Å². The summed E-state index contributed by atoms with van der Waals surface area (Å²) >= 11 is 0. The number of para-hydroxylation sites is 2. The molecule has 0 atom stereocenters. The molecule has 1 heterocycles. The van der Waals surface area contributed by atoms with Crippen molar-refractivity contribution in [1.82, 2.24) is 4.90 Å². The summed E-state index contributed by atoms with van der Waals surface area (Å²) in [6, 6.07) is 11.3. The maximum atomic E-state index is 13.5. The molecule has 0 aromatic heterocycles. The van der Waals surface area contributed by atoms with Gasteiger partial charge in [0.25, 0.3) is 0 Å². The van der Waals surface area contributed by atoms with Gasteiger partial charge in [-0.3, -0.25) is 9.69 Å². The number of piperidine rings is 1. The van der Waals surface area contributed by atoms with Crippen molar-refractivity contribution in [2.75, 3.05) is 48.1 Å². The van der Waals surface area contributed by atoms with E-state index in [0.717, 1.165) is 24.1 Å². The zero-order valence-corrected chi connectivity index (χ0v) is 19.4. The van der Waals surface area contributed by atoms with Gasteiger partial charge in [0.15, 0.2) is 28.8 Å². The van der Waals surface area contributed by atoms with E-state index in [1.165, 1.54) is 0 Å². The van der Waals surface area contributed by atoms with E-state index in [9.17, 15) is 4.79 Å². The second kappa shape index (κ2) is 10.9. The number of hydrogen-bond acceptors (Lipinski definition) is 6. The van der Waals surface area contributed by atoms with Crippen LogP contribution >= 0.6 is 0 Å². The molecule has 2 aromatic carbocycles. The Morgan fingerprint density at radius 2 is 1.25 bits per heavy atom. The van der Waals surface area contributed by atoms with Crippen LogP contribution in [0.5, 0.6) is 23.0 Å². The quantitative estimate of drug-likeness (QED) is 0.568. The Balaban J connectivity index is 2.07. The lowest BCUT2D eigenvalue weighted by molar-refractivity contribution is -0.113. The Morgan fingerprint density at radius 1 is 0.781 bits per heavy atom. The van der Waals surface area contributed by atoms with Crippen LogP contribution in [0.4, 0.5) is 0 Å². The molecule has 32 heavy (non-hydrogen) atoms. The van der Waals surface area contributed by atoms with Crippen molar-refractivity contribution < 1.29 is 23.7 Å². The van der Waals surface area contributed by atoms with Crippen molar-refractivity contribution in [3.63, 3.8) is 0 Å². The van der Waals surface area contributed by atoms with Crippen LogP contribution in [0.3, 0.4) is 0 Å². The second-order valence-corrected chi connectivity index (χ2v) is 7.54. The topological polar surface area (TPSA) is 57.2 Å². The highest BCUT2D eigenvalue weighted by molar-refractivity contribution is 6.15. The van der Waals surface area contributed by atoms with Crippen molar-refractivity contribution in [3.05, 3.63) is 58.7 Å². The van der Waals surface area contributed by atoms with Gasteiger partial charge in [0.05, 0.1) is 28.4 Å². The summed E-state index contributed by atoms with van der Waals surface area (Å²) in [6.45, 7) is 4.20. The molecular formula is C26H31NO5. The first-order chi connectivity index (χ1) is 15.6. The summed E-state index contributed by atoms with van der Waals surface area (Å²) in [5.74, 6) is 2.51. The SMILES string of the molecule is CCCN1CC(=Cc2cccc(OC)c2OC)C(=O)C(=Cc2cccc(OC)c2OC)C1. The zero-order valence-electron chi connectivity index (χ0n) is 19.4. The Bertz CT molecular complexity index is 947. The molecule has 6 nitrogen and oxygen atoms in total. The van der Waals surface area contributed by atoms with Gasteiger partial charge in [0.2, 0.25) is 0 Å². The lowest BCUT2D eigenvalue weighted by Crippen LogP contribution is -2.38. The number of ketones is 1. The van der Waals surface area contributed by atoms with Gasteiger partial charge in [0, 0.05) is 35.4 Å². The largest absolute Gasteiger partial charge is 0.493 e. The molecule has 1 saturated heterocycles. The smallest absolute Gasteiger partial charge is 0.187 e. The molecule has 0 spiro atoms. The van der Waals surface area contributed by atoms with Crippen LogP contribution < -0.4 is 18.9 Å². The van der Waals surface area contributed by atoms with E-state index in [0.29, 0.717) is 47.2 Å². The van der Waals surface area contributed by atoms with E-state index in [-0.39, 0.29) is 5.78 Å². The predicted molar refractivity (Wildman–Crippen MR) is 127 cm³/mol. The third kappa shape index (κ3) is 4.97. The minimum Gasteiger partial charge on any atom is -0.493 e. The number of nitrogens with zero attached hydrogens (tertiary/aromatic N) is 1. The normalized spacial score (nSPS) is 17.0. The summed E-state index contributed by atoms with van der Waals surface area (Å²) in [5.41, 5.74) is 3.05. The maximum absolute atomic E-state index is 13.5. The number of rotatable bonds is 8. The summed E-state index contributed by atoms with van der Waals surface area (Å²) in [4.78, 5) is 15.8. The van der Waals surface area contributed by atoms with Gasteiger partial charge in [-0.25, -0.2) is 0 Å². The molecule has 0 aliphatic carbocycles. The Morgan fingerprint density at radius 3 is 1.62 bits per heavy atom. The average Bonchev–Trinajstić information content (AvgIpc) is 2.81. The summed E-state index contributed by atoms with van der Waals surface area (Å²) in [7, 11) is 6.41. The highest BCUT2D eigenvalue weighted by atomic mass is 16.5. The van der Waals surface area contributed by atoms with E-state index in [1.807, 2.05) is 48.6 Å². The van der Waals surface area contributed by atoms with Gasteiger partial charge in [-0.2, -0.15) is 0 Å². The van der Waals surface area contributed by atoms with Crippen LogP contribution in [0.1, 0.15) is 24.5 Å². The first kappa shape index (κ1) is 23.4. The molecule has 6 heteroatoms. The Hall–Kier alpha value is -3.25. The number of hydrogen-bond donors (Lipinski definition) is 0. The zero-order chi connectivity index (χ0) is 23.1. The Kier molecular flexibility index (Phi) is 7.95. The molecule has 0 saturated carbocycles. The first-order valence-electron chi connectivity index (χ1n) is 10.7. The van der Waals surface area contributed by atoms with E-state index in [1.54, 1.807) is 28.4 Å². The van der Waals surface area contributed by atoms with Crippen molar-refractivity contribution >= 4 is 17.9 Å². The van der Waals surface area contributed by atoms with Gasteiger partial charge in [-0.15, -0.1) is 0 Å². The van der Waals surface area contributed by atoms with Crippen molar-refractivity contribution in [3.8, 4) is 23.0 Å². The van der Waals surface area contributed by atoms with Gasteiger partial charge >= 0.3 is 0 Å². The van der Waals surface area contributed by atoms with E-state index in [2.05, 4.69) is 11.8 Å². The number of carbonyl (C=O) groups is 1. The molecule has 3 rings (SSSR count). The van der Waals surface area contributed by atoms with E-state index in [4.69, 9.17) is 18.9 Å². The molecule has 170 valence electrons. The fraction of sp³-hybridized carbons (Fsp3) is 0.346. The van der Waals surface area contributed by atoms with Crippen molar-refractivity contribution in [1.29, 1.82) is 0 Å². The van der Waals surface area contributed by atoms with Crippen LogP contribution in [-0.2, 0) is 4.79 Å². The van der Waals surface area contributed by atoms with Crippen LogP contribution in [0.2, 0.25) is 0 Å². The fourth-order valence-corrected chi connectivity index (χ4v) is 4.01. The van der Waals surface area contributed by atoms with E-state index >= 15 is 0 Å². The van der Waals surface area contributed by atoms with Crippen LogP contribution in [-0.4, -0.2) is 58.8 Å². The van der Waals surface area contributed by atoms with E-state index < -0.39 is 0 Å². The Labute approximate surface area is 190 Å². The fourth-order valence-electron chi connectivity index (χ4n) is 4.01. The average molecular weight is 438 g/mol. The molecule has 1 aliphatic heterocycles. The lowest BCUT2D eigenvalue weighted by Gasteiger charge is -2.29. The van der Waals surface area contributed by atoms with Gasteiger partial charge in [0.1, 0.15) is 0 Å². The number of ether oxygens (including phenoxy) is 4. The molecule has 1 fully saturated rings. The number of carbonyl (C=O) groups excluding carboxylic acids is 1. The molecule has 0 bridgehead atoms. The number of likely N-dealkylation sites (tertiary alicyclic amines) is 1. The number of benzene rings is 2. The van der Waals surface area contributed by atoms with Gasteiger partial charge < -0.3 is 18.9 Å². The first-order valence-corrected chi connectivity index (χ1v) is 10.7. The highest BCUT2D eigenvalue weighted by Gasteiger charge is 2.26. The summed E-state index contributed by atoms with van der Waals surface area (Å²) in [6.07, 6.45) is 4.81. The maximum Gasteiger partial charge on any atom is 0.187 e. The lowest BCUT2D eigenvalue weighted by atomic mass is 9.93. The molecule has 2 aromatic rings. The molecule has 0 unspecified atom stereocenters. The number of methoxy groups -OCH3 is 4. The number of Topliss-reactive ketones (excluding diaryl/α,β-unsaturated/α-hetero) is 1. The van der Waals surface area contributed by atoms with Gasteiger partial charge in [-0.05, 0) is 37.3 Å². The third-order valence-electron chi connectivity index (χ3n) is 5.44. The third-order valence-corrected chi connectivity index (χ3v) is 5.44. The molecular weight excluding hydrogens is 406 g/mol. The van der Waals surface area contributed by atoms with Crippen LogP contribution in [0.15, 0.2) is 47.5 Å². The minimum absolute atomic E-state index is 0.0205. The predicted octanol–water partition coefficient (Wildman–Crippen LogP) is 4.48. The second-order valence-electron chi connectivity index (χ2n) is 7.54. The summed E-state index contributed by atoms with van der Waals surface area (Å²) < 4.78 is 21.9. The standard InChI is InChI=1S/C26H31NO5/c1-6-13-27-16-20(14-18-9-7-11-22(29-2)25(18)31-4)24(28)21(17-27)15-19-10-8-12-23(30-3)26(19)32-5/h7-12,14-15H,6,13,16-17H2,1-5H3. The minimum atomic E-state index is 0.0205. The monoisotopic (exact) mass is 437 g/mol. The molecule has 0 amide bonds. The summed E-state index contributed by atoms with van der Waals surface area (Å²) in [5, 5.41) is 0. The van der Waals surface area contributed by atoms with Gasteiger partial charge in [-0.1, -0.05) is 31.2 Å². The van der Waals surface area contributed by atoms with Crippen LogP contribution in [0, 0.1) is 0 Å². The molecule has 1 aliphatic rings. The molecule has 0 radical (unpaired) electrons. The van der Waals surface area contributed by atoms with Crippen molar-refractivity contribution in [2.45, 2.75) is 13.3 Å². The van der Waals surface area contributed by atoms with Crippen molar-refractivity contribution in [2.24, 2.45) is 0 Å².